The van der Waals surface area contributed by atoms with Gasteiger partial charge >= 0.3 is 11.9 Å². The van der Waals surface area contributed by atoms with E-state index in [1.807, 2.05) is 12.1 Å². The quantitative estimate of drug-likeness (QED) is 0.526. The van der Waals surface area contributed by atoms with Gasteiger partial charge in [0.1, 0.15) is 11.3 Å². The molecule has 1 aromatic carbocycles. The van der Waals surface area contributed by atoms with Gasteiger partial charge in [0.05, 0.1) is 0 Å². The highest BCUT2D eigenvalue weighted by atomic mass is 35.5. The molecular weight excluding hydrogens is 298 g/mol. The number of carbonyl (C=O) groups excluding carboxylic acids is 2. The van der Waals surface area contributed by atoms with Crippen molar-refractivity contribution in [1.29, 1.82) is 0 Å². The molecule has 0 saturated carbocycles. The van der Waals surface area contributed by atoms with Crippen LogP contribution in [0.4, 0.5) is 0 Å². The molecule has 0 bridgehead atoms. The molecule has 1 aromatic rings. The zero-order valence-electron chi connectivity index (χ0n) is 11.1. The fourth-order valence-electron chi connectivity index (χ4n) is 1.90. The van der Waals surface area contributed by atoms with Crippen LogP contribution in [0.25, 0.3) is 0 Å². The van der Waals surface area contributed by atoms with Crippen LogP contribution in [-0.2, 0) is 14.3 Å². The maximum atomic E-state index is 11.9. The molecule has 1 unspecified atom stereocenters. The summed E-state index contributed by atoms with van der Waals surface area (Å²) in [5.41, 5.74) is 0. The lowest BCUT2D eigenvalue weighted by atomic mass is 10.2. The Morgan fingerprint density at radius 1 is 1.40 bits per heavy atom. The number of benzene rings is 1. The molecule has 1 N–H and O–H groups in total. The van der Waals surface area contributed by atoms with Crippen molar-refractivity contribution in [2.24, 2.45) is 0 Å². The van der Waals surface area contributed by atoms with Crippen LogP contribution >= 0.6 is 23.4 Å². The van der Waals surface area contributed by atoms with E-state index in [0.717, 1.165) is 24.3 Å². The van der Waals surface area contributed by atoms with Gasteiger partial charge in [0, 0.05) is 9.92 Å². The number of rotatable bonds is 4. The predicted octanol–water partition coefficient (Wildman–Crippen LogP) is 2.64. The monoisotopic (exact) mass is 313 g/mol. The summed E-state index contributed by atoms with van der Waals surface area (Å²) in [6.07, 6.45) is 1.66. The molecule has 0 amide bonds. The molecule has 1 aliphatic heterocycles. The fourth-order valence-corrected chi connectivity index (χ4v) is 2.88. The highest BCUT2D eigenvalue weighted by Crippen LogP contribution is 2.25. The molecule has 2 rings (SSSR count). The Morgan fingerprint density at radius 2 is 2.10 bits per heavy atom. The normalized spacial score (nSPS) is 19.6. The topological polar surface area (TPSA) is 55.4 Å². The van der Waals surface area contributed by atoms with Crippen molar-refractivity contribution < 1.29 is 14.3 Å². The van der Waals surface area contributed by atoms with Crippen molar-refractivity contribution in [2.45, 2.75) is 36.0 Å². The first-order valence-electron chi connectivity index (χ1n) is 6.47. The maximum Gasteiger partial charge on any atom is 0.330 e. The lowest BCUT2D eigenvalue weighted by Gasteiger charge is -2.12. The summed E-state index contributed by atoms with van der Waals surface area (Å²) in [7, 11) is 0. The second kappa shape index (κ2) is 7.11. The third-order valence-electron chi connectivity index (χ3n) is 3.00. The molecule has 0 aliphatic carbocycles. The van der Waals surface area contributed by atoms with E-state index < -0.39 is 17.2 Å². The number of halogens is 1. The van der Waals surface area contributed by atoms with E-state index in [9.17, 15) is 9.59 Å². The highest BCUT2D eigenvalue weighted by molar-refractivity contribution is 8.00. The lowest BCUT2D eigenvalue weighted by Crippen LogP contribution is -2.35. The maximum absolute atomic E-state index is 11.9. The average molecular weight is 314 g/mol. The third-order valence-corrected chi connectivity index (χ3v) is 4.35. The third kappa shape index (κ3) is 4.23. The Hall–Kier alpha value is -1.04. The van der Waals surface area contributed by atoms with E-state index in [4.69, 9.17) is 16.3 Å². The Labute approximate surface area is 127 Å². The van der Waals surface area contributed by atoms with Crippen LogP contribution in [0.5, 0.6) is 0 Å². The van der Waals surface area contributed by atoms with Crippen LogP contribution in [0.2, 0.25) is 5.02 Å². The molecule has 1 heterocycles. The number of hydrogen-bond acceptors (Lipinski definition) is 5. The SMILES string of the molecule is CC(Sc1ccc(Cl)cc1)C(=O)OC(=O)[C@@H]1CCCN1. The summed E-state index contributed by atoms with van der Waals surface area (Å²) in [5, 5.41) is 3.21. The predicted molar refractivity (Wildman–Crippen MR) is 78.9 cm³/mol. The number of thioether (sulfide) groups is 1. The van der Waals surface area contributed by atoms with Gasteiger partial charge in [-0.3, -0.25) is 4.79 Å². The van der Waals surface area contributed by atoms with Gasteiger partial charge in [-0.15, -0.1) is 11.8 Å². The number of nitrogens with one attached hydrogen (secondary N) is 1. The molecule has 1 fully saturated rings. The van der Waals surface area contributed by atoms with Gasteiger partial charge in [-0.25, -0.2) is 4.79 Å². The molecule has 0 spiro atoms. The highest BCUT2D eigenvalue weighted by Gasteiger charge is 2.27. The zero-order valence-corrected chi connectivity index (χ0v) is 12.7. The van der Waals surface area contributed by atoms with Gasteiger partial charge in [0.25, 0.3) is 0 Å². The summed E-state index contributed by atoms with van der Waals surface area (Å²) in [6, 6.07) is 6.84. The summed E-state index contributed by atoms with van der Waals surface area (Å²) in [6.45, 7) is 2.51. The van der Waals surface area contributed by atoms with Gasteiger partial charge in [0.2, 0.25) is 0 Å². The van der Waals surface area contributed by atoms with E-state index in [1.165, 1.54) is 11.8 Å². The molecule has 6 heteroatoms. The number of ether oxygens (including phenoxy) is 1. The van der Waals surface area contributed by atoms with Crippen LogP contribution in [0.15, 0.2) is 29.2 Å². The molecule has 20 heavy (non-hydrogen) atoms. The molecule has 0 radical (unpaired) electrons. The van der Waals surface area contributed by atoms with Gasteiger partial charge in [-0.05, 0) is 50.6 Å². The largest absolute Gasteiger partial charge is 0.391 e. The van der Waals surface area contributed by atoms with Crippen molar-refractivity contribution in [3.8, 4) is 0 Å². The van der Waals surface area contributed by atoms with Crippen molar-refractivity contribution >= 4 is 35.3 Å². The molecule has 4 nitrogen and oxygen atoms in total. The van der Waals surface area contributed by atoms with Crippen LogP contribution in [0.3, 0.4) is 0 Å². The second-order valence-corrected chi connectivity index (χ2v) is 6.45. The van der Waals surface area contributed by atoms with Crippen molar-refractivity contribution in [3.63, 3.8) is 0 Å². The van der Waals surface area contributed by atoms with Crippen LogP contribution in [0, 0.1) is 0 Å². The van der Waals surface area contributed by atoms with Crippen molar-refractivity contribution in [2.75, 3.05) is 6.54 Å². The Morgan fingerprint density at radius 3 is 2.70 bits per heavy atom. The first-order chi connectivity index (χ1) is 9.56. The minimum absolute atomic E-state index is 0.341. The minimum Gasteiger partial charge on any atom is -0.391 e. The van der Waals surface area contributed by atoms with Crippen LogP contribution in [0.1, 0.15) is 19.8 Å². The van der Waals surface area contributed by atoms with Crippen molar-refractivity contribution in [1.82, 2.24) is 5.32 Å². The first kappa shape index (κ1) is 15.4. The van der Waals surface area contributed by atoms with E-state index in [0.29, 0.717) is 5.02 Å². The van der Waals surface area contributed by atoms with Crippen molar-refractivity contribution in [3.05, 3.63) is 29.3 Å². The molecule has 1 aliphatic rings. The van der Waals surface area contributed by atoms with E-state index in [2.05, 4.69) is 5.32 Å². The summed E-state index contributed by atoms with van der Waals surface area (Å²) in [5.74, 6) is -0.986. The van der Waals surface area contributed by atoms with Gasteiger partial charge in [0.15, 0.2) is 0 Å². The standard InChI is InChI=1S/C14H16ClNO3S/c1-9(20-11-6-4-10(15)5-7-11)13(17)19-14(18)12-3-2-8-16-12/h4-7,9,12,16H,2-3,8H2,1H3/t9?,12-/m0/s1. The van der Waals surface area contributed by atoms with Gasteiger partial charge < -0.3 is 10.1 Å². The Balaban J connectivity index is 1.85. The number of carbonyl (C=O) groups is 2. The molecular formula is C14H16ClNO3S. The average Bonchev–Trinajstić information content (AvgIpc) is 2.95. The smallest absolute Gasteiger partial charge is 0.330 e. The fraction of sp³-hybridized carbons (Fsp3) is 0.429. The molecule has 1 saturated heterocycles. The number of esters is 2. The minimum atomic E-state index is -0.511. The number of hydrogen-bond donors (Lipinski definition) is 1. The first-order valence-corrected chi connectivity index (χ1v) is 7.73. The summed E-state index contributed by atoms with van der Waals surface area (Å²) < 4.78 is 4.90. The van der Waals surface area contributed by atoms with Crippen LogP contribution < -0.4 is 5.32 Å². The molecule has 0 aromatic heterocycles. The second-order valence-electron chi connectivity index (χ2n) is 4.60. The molecule has 2 atom stereocenters. The summed E-state index contributed by atoms with van der Waals surface area (Å²) in [4.78, 5) is 24.5. The molecule has 108 valence electrons. The van der Waals surface area contributed by atoms with Crippen LogP contribution in [-0.4, -0.2) is 29.8 Å². The van der Waals surface area contributed by atoms with E-state index in [1.54, 1.807) is 19.1 Å². The lowest BCUT2D eigenvalue weighted by molar-refractivity contribution is -0.160. The summed E-state index contributed by atoms with van der Waals surface area (Å²) >= 11 is 7.14. The zero-order chi connectivity index (χ0) is 14.5. The Bertz CT molecular complexity index is 486. The van der Waals surface area contributed by atoms with Gasteiger partial charge in [-0.2, -0.15) is 0 Å². The Kier molecular flexibility index (Phi) is 5.46. The van der Waals surface area contributed by atoms with E-state index >= 15 is 0 Å². The van der Waals surface area contributed by atoms with E-state index in [-0.39, 0.29) is 6.04 Å². The van der Waals surface area contributed by atoms with Gasteiger partial charge in [-0.1, -0.05) is 11.6 Å².